The van der Waals surface area contributed by atoms with Crippen molar-refractivity contribution < 1.29 is 27.9 Å². The summed E-state index contributed by atoms with van der Waals surface area (Å²) in [5.74, 6) is -3.18. The van der Waals surface area contributed by atoms with Gasteiger partial charge in [0.25, 0.3) is 10.0 Å². The molecular weight excluding hydrogens is 300 g/mol. The molecule has 1 saturated heterocycles. The van der Waals surface area contributed by atoms with Gasteiger partial charge in [-0.2, -0.15) is 0 Å². The summed E-state index contributed by atoms with van der Waals surface area (Å²) in [4.78, 5) is 23.1. The Morgan fingerprint density at radius 3 is 2.67 bits per heavy atom. The second kappa shape index (κ2) is 5.70. The summed E-state index contributed by atoms with van der Waals surface area (Å²) in [7, 11) is -2.91. The summed E-state index contributed by atoms with van der Waals surface area (Å²) in [5.41, 5.74) is 0. The summed E-state index contributed by atoms with van der Waals surface area (Å²) in [5, 5.41) is 11.8. The van der Waals surface area contributed by atoms with Gasteiger partial charge < -0.3 is 15.2 Å². The molecule has 1 heterocycles. The minimum absolute atomic E-state index is 0.0641. The second-order valence-corrected chi connectivity index (χ2v) is 6.06. The van der Waals surface area contributed by atoms with Crippen LogP contribution in [0.2, 0.25) is 0 Å². The van der Waals surface area contributed by atoms with Gasteiger partial charge in [-0.05, 0) is 12.1 Å². The zero-order valence-electron chi connectivity index (χ0n) is 11.1. The first-order valence-electron chi connectivity index (χ1n) is 6.02. The van der Waals surface area contributed by atoms with Crippen molar-refractivity contribution in [3.05, 3.63) is 24.3 Å². The van der Waals surface area contributed by atoms with Crippen LogP contribution in [0.1, 0.15) is 0 Å². The molecule has 3 N–H and O–H groups in total. The number of carbonyl (C=O) groups excluding carboxylic acids is 2. The number of sulfonamides is 1. The molecule has 8 nitrogen and oxygen atoms in total. The zero-order chi connectivity index (χ0) is 15.6. The summed E-state index contributed by atoms with van der Waals surface area (Å²) in [6.45, 7) is -0.0916. The fraction of sp³-hybridized carbons (Fsp3) is 0.333. The van der Waals surface area contributed by atoms with Gasteiger partial charge in [-0.1, -0.05) is 12.1 Å². The standard InChI is InChI=1S/C12H14N2O6S/c1-20-8-4-2-3-5-9(8)21(18,19)14-12(17)10-7(15)6-13-11(10)16/h2-5,7,10,15H,6H2,1H3,(H,13,16)(H,14,17). The van der Waals surface area contributed by atoms with Crippen LogP contribution in [0.4, 0.5) is 0 Å². The van der Waals surface area contributed by atoms with Crippen molar-refractivity contribution >= 4 is 21.8 Å². The number of para-hydroxylation sites is 1. The second-order valence-electron chi connectivity index (χ2n) is 4.41. The van der Waals surface area contributed by atoms with Crippen LogP contribution in [-0.2, 0) is 19.6 Å². The van der Waals surface area contributed by atoms with E-state index in [9.17, 15) is 23.1 Å². The Labute approximate surface area is 121 Å². The van der Waals surface area contributed by atoms with Crippen molar-refractivity contribution in [2.45, 2.75) is 11.0 Å². The van der Waals surface area contributed by atoms with E-state index in [1.165, 1.54) is 25.3 Å². The van der Waals surface area contributed by atoms with Crippen molar-refractivity contribution in [1.29, 1.82) is 0 Å². The first-order chi connectivity index (χ1) is 9.86. The highest BCUT2D eigenvalue weighted by Gasteiger charge is 2.41. The molecule has 2 rings (SSSR count). The molecule has 2 amide bonds. The molecule has 0 aliphatic carbocycles. The number of hydrogen-bond acceptors (Lipinski definition) is 6. The van der Waals surface area contributed by atoms with E-state index in [4.69, 9.17) is 4.74 Å². The van der Waals surface area contributed by atoms with E-state index < -0.39 is 33.9 Å². The molecule has 9 heteroatoms. The molecule has 1 aliphatic heterocycles. The fourth-order valence-corrected chi connectivity index (χ4v) is 3.17. The predicted molar refractivity (Wildman–Crippen MR) is 70.8 cm³/mol. The molecule has 0 radical (unpaired) electrons. The molecule has 21 heavy (non-hydrogen) atoms. The Hall–Kier alpha value is -2.13. The normalized spacial score (nSPS) is 21.7. The lowest BCUT2D eigenvalue weighted by Gasteiger charge is -2.14. The molecule has 1 aromatic rings. The van der Waals surface area contributed by atoms with Gasteiger partial charge >= 0.3 is 0 Å². The third kappa shape index (κ3) is 2.98. The van der Waals surface area contributed by atoms with E-state index in [1.54, 1.807) is 10.8 Å². The van der Waals surface area contributed by atoms with Crippen molar-refractivity contribution in [2.24, 2.45) is 5.92 Å². The summed E-state index contributed by atoms with van der Waals surface area (Å²) < 4.78 is 31.0. The first kappa shape index (κ1) is 15.3. The number of amides is 2. The molecule has 1 fully saturated rings. The van der Waals surface area contributed by atoms with Crippen LogP contribution < -0.4 is 14.8 Å². The van der Waals surface area contributed by atoms with Crippen LogP contribution in [0.3, 0.4) is 0 Å². The number of rotatable bonds is 4. The fourth-order valence-electron chi connectivity index (χ4n) is 1.99. The van der Waals surface area contributed by atoms with Crippen molar-refractivity contribution in [3.8, 4) is 5.75 Å². The number of hydrogen-bond donors (Lipinski definition) is 3. The molecule has 0 aromatic heterocycles. The van der Waals surface area contributed by atoms with Crippen LogP contribution in [0.15, 0.2) is 29.2 Å². The summed E-state index contributed by atoms with van der Waals surface area (Å²) in [6.07, 6.45) is -1.26. The quantitative estimate of drug-likeness (QED) is 0.588. The number of benzene rings is 1. The van der Waals surface area contributed by atoms with Gasteiger partial charge in [0, 0.05) is 6.54 Å². The van der Waals surface area contributed by atoms with E-state index in [2.05, 4.69) is 5.32 Å². The SMILES string of the molecule is COc1ccccc1S(=O)(=O)NC(=O)C1C(=O)NCC1O. The summed E-state index contributed by atoms with van der Waals surface area (Å²) in [6, 6.07) is 5.74. The van der Waals surface area contributed by atoms with Gasteiger partial charge in [-0.3, -0.25) is 9.59 Å². The Morgan fingerprint density at radius 1 is 1.43 bits per heavy atom. The van der Waals surface area contributed by atoms with Gasteiger partial charge in [-0.15, -0.1) is 0 Å². The third-order valence-electron chi connectivity index (χ3n) is 3.03. The molecule has 1 aromatic carbocycles. The number of aliphatic hydroxyl groups excluding tert-OH is 1. The van der Waals surface area contributed by atoms with Crippen LogP contribution in [-0.4, -0.2) is 45.1 Å². The number of nitrogens with one attached hydrogen (secondary N) is 2. The van der Waals surface area contributed by atoms with Crippen LogP contribution >= 0.6 is 0 Å². The predicted octanol–water partition coefficient (Wildman–Crippen LogP) is -1.39. The van der Waals surface area contributed by atoms with Crippen molar-refractivity contribution in [1.82, 2.24) is 10.0 Å². The van der Waals surface area contributed by atoms with E-state index >= 15 is 0 Å². The number of carbonyl (C=O) groups is 2. The minimum Gasteiger partial charge on any atom is -0.495 e. The Morgan fingerprint density at radius 2 is 2.10 bits per heavy atom. The number of ether oxygens (including phenoxy) is 1. The molecule has 1 aliphatic rings. The largest absolute Gasteiger partial charge is 0.495 e. The zero-order valence-corrected chi connectivity index (χ0v) is 11.9. The lowest BCUT2D eigenvalue weighted by atomic mass is 10.1. The van der Waals surface area contributed by atoms with Crippen LogP contribution in [0.5, 0.6) is 5.75 Å². The van der Waals surface area contributed by atoms with Gasteiger partial charge in [0.15, 0.2) is 0 Å². The lowest BCUT2D eigenvalue weighted by molar-refractivity contribution is -0.134. The average Bonchev–Trinajstić information content (AvgIpc) is 2.77. The Bertz CT molecular complexity index is 672. The van der Waals surface area contributed by atoms with Crippen molar-refractivity contribution in [2.75, 3.05) is 13.7 Å². The smallest absolute Gasteiger partial charge is 0.267 e. The van der Waals surface area contributed by atoms with E-state index in [0.29, 0.717) is 0 Å². The monoisotopic (exact) mass is 314 g/mol. The Balaban J connectivity index is 2.25. The van der Waals surface area contributed by atoms with Crippen LogP contribution in [0.25, 0.3) is 0 Å². The number of β-amino-alcohol motifs (C(OH)–C–C–N with tert-alkyl or cyclic N) is 1. The average molecular weight is 314 g/mol. The molecule has 2 atom stereocenters. The molecule has 0 spiro atoms. The van der Waals surface area contributed by atoms with E-state index in [1.807, 2.05) is 0 Å². The first-order valence-corrected chi connectivity index (χ1v) is 7.50. The van der Waals surface area contributed by atoms with Gasteiger partial charge in [0.05, 0.1) is 13.2 Å². The van der Waals surface area contributed by atoms with Gasteiger partial charge in [-0.25, -0.2) is 13.1 Å². The highest BCUT2D eigenvalue weighted by molar-refractivity contribution is 7.90. The van der Waals surface area contributed by atoms with Crippen LogP contribution in [0, 0.1) is 5.92 Å². The number of methoxy groups -OCH3 is 1. The van der Waals surface area contributed by atoms with E-state index in [-0.39, 0.29) is 17.2 Å². The molecule has 0 saturated carbocycles. The van der Waals surface area contributed by atoms with Gasteiger partial charge in [0.2, 0.25) is 11.8 Å². The highest BCUT2D eigenvalue weighted by atomic mass is 32.2. The maximum Gasteiger partial charge on any atom is 0.267 e. The van der Waals surface area contributed by atoms with Crippen molar-refractivity contribution in [3.63, 3.8) is 0 Å². The highest BCUT2D eigenvalue weighted by Crippen LogP contribution is 2.23. The topological polar surface area (TPSA) is 122 Å². The molecule has 2 unspecified atom stereocenters. The molecule has 114 valence electrons. The molecule has 0 bridgehead atoms. The third-order valence-corrected chi connectivity index (χ3v) is 4.41. The van der Waals surface area contributed by atoms with Gasteiger partial charge in [0.1, 0.15) is 16.6 Å². The number of aliphatic hydroxyl groups is 1. The Kier molecular flexibility index (Phi) is 4.14. The lowest BCUT2D eigenvalue weighted by Crippen LogP contribution is -2.42. The molecular formula is C12H14N2O6S. The minimum atomic E-state index is -4.20. The van der Waals surface area contributed by atoms with E-state index in [0.717, 1.165) is 0 Å². The summed E-state index contributed by atoms with van der Waals surface area (Å²) >= 11 is 0. The maximum absolute atomic E-state index is 12.2. The maximum atomic E-state index is 12.2.